The van der Waals surface area contributed by atoms with Gasteiger partial charge in [0.25, 0.3) is 0 Å². The first-order chi connectivity index (χ1) is 11.8. The van der Waals surface area contributed by atoms with Crippen molar-refractivity contribution in [1.29, 1.82) is 0 Å². The Bertz CT molecular complexity index is 773. The highest BCUT2D eigenvalue weighted by Gasteiger charge is 2.62. The van der Waals surface area contributed by atoms with E-state index in [0.717, 1.165) is 18.6 Å². The summed E-state index contributed by atoms with van der Waals surface area (Å²) in [4.78, 5) is 24.4. The summed E-state index contributed by atoms with van der Waals surface area (Å²) in [5.41, 5.74) is -0.825. The number of allylic oxidation sites excluding steroid dienone is 2. The number of anilines is 1. The first-order valence-corrected chi connectivity index (χ1v) is 8.16. The number of carbonyl (C=O) groups excluding carboxylic acids is 1. The van der Waals surface area contributed by atoms with Crippen molar-refractivity contribution in [3.05, 3.63) is 42.0 Å². The molecule has 2 bridgehead atoms. The molecule has 0 saturated heterocycles. The van der Waals surface area contributed by atoms with Gasteiger partial charge in [0.15, 0.2) is 0 Å². The summed E-state index contributed by atoms with van der Waals surface area (Å²) in [7, 11) is 0. The molecule has 0 heterocycles. The largest absolute Gasteiger partial charge is 0.481 e. The van der Waals surface area contributed by atoms with Crippen LogP contribution in [0.25, 0.3) is 0 Å². The lowest BCUT2D eigenvalue weighted by Gasteiger charge is -2.41. The Morgan fingerprint density at radius 1 is 1.08 bits per heavy atom. The lowest BCUT2D eigenvalue weighted by atomic mass is 9.62. The summed E-state index contributed by atoms with van der Waals surface area (Å²) in [6, 6.07) is 4.39. The van der Waals surface area contributed by atoms with E-state index in [-0.39, 0.29) is 17.5 Å². The highest BCUT2D eigenvalue weighted by molar-refractivity contribution is 5.96. The standard InChI is InChI=1S/C18H16F3NO3/c19-18(20,21)8-2-1-3-9(6-8)22-16(23)14-10-4-5-11(13-7-12(10)13)15(14)17(24)25/h1-6,10-15H,7H2,(H,22,23)(H,24,25)/t10-,11-,12-,13-,14+,15+/m1/s1. The minimum absolute atomic E-state index is 0.0294. The predicted molar refractivity (Wildman–Crippen MR) is 82.4 cm³/mol. The van der Waals surface area contributed by atoms with Crippen molar-refractivity contribution in [3.8, 4) is 0 Å². The zero-order valence-electron chi connectivity index (χ0n) is 13.0. The molecule has 2 saturated carbocycles. The molecule has 0 aromatic heterocycles. The number of nitrogens with one attached hydrogen (secondary N) is 1. The molecule has 0 spiro atoms. The molecule has 1 aromatic rings. The van der Waals surface area contributed by atoms with Crippen molar-refractivity contribution in [3.63, 3.8) is 0 Å². The topological polar surface area (TPSA) is 66.4 Å². The highest BCUT2D eigenvalue weighted by atomic mass is 19.4. The van der Waals surface area contributed by atoms with E-state index in [1.807, 2.05) is 12.2 Å². The molecule has 0 aliphatic heterocycles. The quantitative estimate of drug-likeness (QED) is 0.820. The van der Waals surface area contributed by atoms with E-state index in [1.165, 1.54) is 12.1 Å². The number of carbonyl (C=O) groups is 2. The van der Waals surface area contributed by atoms with Crippen LogP contribution in [0.1, 0.15) is 12.0 Å². The monoisotopic (exact) mass is 351 g/mol. The van der Waals surface area contributed by atoms with Gasteiger partial charge in [-0.15, -0.1) is 0 Å². The van der Waals surface area contributed by atoms with Crippen LogP contribution in [0, 0.1) is 35.5 Å². The molecule has 2 N–H and O–H groups in total. The van der Waals surface area contributed by atoms with Gasteiger partial charge in [0.2, 0.25) is 5.91 Å². The van der Waals surface area contributed by atoms with Gasteiger partial charge in [-0.3, -0.25) is 9.59 Å². The number of alkyl halides is 3. The van der Waals surface area contributed by atoms with E-state index < -0.39 is 35.5 Å². The molecule has 4 nitrogen and oxygen atoms in total. The van der Waals surface area contributed by atoms with Gasteiger partial charge >= 0.3 is 12.1 Å². The van der Waals surface area contributed by atoms with Gasteiger partial charge in [0, 0.05) is 5.69 Å². The number of hydrogen-bond donors (Lipinski definition) is 2. The van der Waals surface area contributed by atoms with Crippen molar-refractivity contribution in [1.82, 2.24) is 0 Å². The molecule has 4 aliphatic rings. The fourth-order valence-electron chi connectivity index (χ4n) is 4.57. The normalized spacial score (nSPS) is 35.2. The lowest BCUT2D eigenvalue weighted by molar-refractivity contribution is -0.152. The Morgan fingerprint density at radius 2 is 1.72 bits per heavy atom. The second-order valence-electron chi connectivity index (χ2n) is 7.06. The third-order valence-electron chi connectivity index (χ3n) is 5.70. The summed E-state index contributed by atoms with van der Waals surface area (Å²) in [6.07, 6.45) is 0.220. The van der Waals surface area contributed by atoms with Crippen molar-refractivity contribution < 1.29 is 27.9 Å². The third-order valence-corrected chi connectivity index (χ3v) is 5.70. The molecular formula is C18H16F3NO3. The van der Waals surface area contributed by atoms with Crippen LogP contribution in [-0.2, 0) is 15.8 Å². The Hall–Kier alpha value is -2.31. The van der Waals surface area contributed by atoms with E-state index in [4.69, 9.17) is 0 Å². The number of carboxylic acid groups (broad SMARTS) is 1. The number of aliphatic carboxylic acids is 1. The number of halogens is 3. The molecule has 6 atom stereocenters. The minimum Gasteiger partial charge on any atom is -0.481 e. The van der Waals surface area contributed by atoms with Gasteiger partial charge in [0.1, 0.15) is 0 Å². The smallest absolute Gasteiger partial charge is 0.416 e. The van der Waals surface area contributed by atoms with Crippen molar-refractivity contribution >= 4 is 17.6 Å². The van der Waals surface area contributed by atoms with Gasteiger partial charge < -0.3 is 10.4 Å². The van der Waals surface area contributed by atoms with E-state index >= 15 is 0 Å². The molecule has 2 fully saturated rings. The highest BCUT2D eigenvalue weighted by Crippen LogP contribution is 2.63. The maximum atomic E-state index is 12.8. The number of rotatable bonds is 3. The average Bonchev–Trinajstić information content (AvgIpc) is 3.35. The van der Waals surface area contributed by atoms with Crippen LogP contribution in [-0.4, -0.2) is 17.0 Å². The number of hydrogen-bond acceptors (Lipinski definition) is 2. The van der Waals surface area contributed by atoms with Crippen LogP contribution in [0.2, 0.25) is 0 Å². The van der Waals surface area contributed by atoms with Gasteiger partial charge in [-0.1, -0.05) is 18.2 Å². The number of amides is 1. The van der Waals surface area contributed by atoms with Crippen molar-refractivity contribution in [2.75, 3.05) is 5.32 Å². The third kappa shape index (κ3) is 2.62. The Labute approximate surface area is 141 Å². The lowest BCUT2D eigenvalue weighted by Crippen LogP contribution is -2.48. The molecule has 1 amide bonds. The second-order valence-corrected chi connectivity index (χ2v) is 7.06. The van der Waals surface area contributed by atoms with Crippen LogP contribution in [0.4, 0.5) is 18.9 Å². The number of carboxylic acids is 1. The summed E-state index contributed by atoms with van der Waals surface area (Å²) in [6.45, 7) is 0. The van der Waals surface area contributed by atoms with E-state index in [9.17, 15) is 27.9 Å². The maximum Gasteiger partial charge on any atom is 0.416 e. The summed E-state index contributed by atoms with van der Waals surface area (Å²) >= 11 is 0. The zero-order valence-corrected chi connectivity index (χ0v) is 13.0. The van der Waals surface area contributed by atoms with Crippen LogP contribution in [0.15, 0.2) is 36.4 Å². The second kappa shape index (κ2) is 5.34. The van der Waals surface area contributed by atoms with Gasteiger partial charge in [-0.2, -0.15) is 13.2 Å². The molecule has 0 unspecified atom stereocenters. The number of fused-ring (bicyclic) bond motifs is 1. The van der Waals surface area contributed by atoms with E-state index in [1.54, 1.807) is 0 Å². The molecule has 25 heavy (non-hydrogen) atoms. The van der Waals surface area contributed by atoms with Crippen LogP contribution >= 0.6 is 0 Å². The molecule has 0 radical (unpaired) electrons. The predicted octanol–water partition coefficient (Wildman–Crippen LogP) is 3.41. The molecule has 1 aromatic carbocycles. The van der Waals surface area contributed by atoms with E-state index in [2.05, 4.69) is 5.32 Å². The fraction of sp³-hybridized carbons (Fsp3) is 0.444. The molecule has 5 rings (SSSR count). The van der Waals surface area contributed by atoms with Crippen LogP contribution in [0.3, 0.4) is 0 Å². The van der Waals surface area contributed by atoms with Crippen molar-refractivity contribution in [2.24, 2.45) is 35.5 Å². The SMILES string of the molecule is O=C(O)[C@H]1[C@@H]2C=C[C@H]([C@H]3C[C@H]23)[C@@H]1C(=O)Nc1cccc(C(F)(F)F)c1. The van der Waals surface area contributed by atoms with Crippen LogP contribution < -0.4 is 5.32 Å². The number of benzene rings is 1. The summed E-state index contributed by atoms with van der Waals surface area (Å²) in [5, 5.41) is 12.1. The van der Waals surface area contributed by atoms with Crippen molar-refractivity contribution in [2.45, 2.75) is 12.6 Å². The average molecular weight is 351 g/mol. The molecule has 4 aliphatic carbocycles. The molecular weight excluding hydrogens is 335 g/mol. The Balaban J connectivity index is 1.59. The molecule has 132 valence electrons. The first-order valence-electron chi connectivity index (χ1n) is 8.16. The Morgan fingerprint density at radius 3 is 2.32 bits per heavy atom. The fourth-order valence-corrected chi connectivity index (χ4v) is 4.57. The Kier molecular flexibility index (Phi) is 3.46. The minimum atomic E-state index is -4.50. The van der Waals surface area contributed by atoms with Gasteiger partial charge in [0.05, 0.1) is 17.4 Å². The van der Waals surface area contributed by atoms with Gasteiger partial charge in [-0.05, 0) is 48.3 Å². The summed E-state index contributed by atoms with van der Waals surface area (Å²) < 4.78 is 38.4. The summed E-state index contributed by atoms with van der Waals surface area (Å²) in [5.74, 6) is -2.76. The van der Waals surface area contributed by atoms with Gasteiger partial charge in [-0.25, -0.2) is 0 Å². The van der Waals surface area contributed by atoms with Crippen LogP contribution in [0.5, 0.6) is 0 Å². The van der Waals surface area contributed by atoms with E-state index in [0.29, 0.717) is 11.8 Å². The molecule has 7 heteroatoms. The first kappa shape index (κ1) is 16.2. The zero-order chi connectivity index (χ0) is 17.9. The maximum absolute atomic E-state index is 12.8.